The highest BCUT2D eigenvalue weighted by atomic mass is 35.5. The molecule has 1 aliphatic rings. The van der Waals surface area contributed by atoms with Crippen LogP contribution in [0.4, 0.5) is 5.69 Å². The van der Waals surface area contributed by atoms with Crippen LogP contribution in [0.15, 0.2) is 53.6 Å². The molecule has 1 aliphatic heterocycles. The van der Waals surface area contributed by atoms with Crippen molar-refractivity contribution in [2.45, 2.75) is 25.9 Å². The molecule has 5 nitrogen and oxygen atoms in total. The summed E-state index contributed by atoms with van der Waals surface area (Å²) in [6, 6.07) is 10.7. The van der Waals surface area contributed by atoms with Crippen molar-refractivity contribution in [3.63, 3.8) is 0 Å². The zero-order chi connectivity index (χ0) is 20.2. The number of amides is 1. The van der Waals surface area contributed by atoms with E-state index < -0.39 is 0 Å². The number of hydrogen-bond donors (Lipinski definition) is 0. The van der Waals surface area contributed by atoms with Crippen LogP contribution in [0.25, 0.3) is 0 Å². The minimum atomic E-state index is -0.342. The van der Waals surface area contributed by atoms with Crippen LogP contribution in [0.5, 0.6) is 0 Å². The Morgan fingerprint density at radius 1 is 1.04 bits per heavy atom. The largest absolute Gasteiger partial charge is 0.346 e. The van der Waals surface area contributed by atoms with Gasteiger partial charge in [-0.25, -0.2) is 0 Å². The van der Waals surface area contributed by atoms with Gasteiger partial charge in [0, 0.05) is 30.5 Å². The lowest BCUT2D eigenvalue weighted by Crippen LogP contribution is -2.31. The van der Waals surface area contributed by atoms with Crippen LogP contribution in [0, 0.1) is 0 Å². The van der Waals surface area contributed by atoms with Gasteiger partial charge in [0.1, 0.15) is 11.1 Å². The molecule has 3 aromatic rings. The molecule has 28 heavy (non-hydrogen) atoms. The molecule has 0 saturated heterocycles. The molecule has 0 N–H and O–H groups in total. The number of halogens is 2. The molecule has 2 aromatic heterocycles. The molecule has 3 heterocycles. The predicted octanol–water partition coefficient (Wildman–Crippen LogP) is 4.82. The minimum Gasteiger partial charge on any atom is -0.346 e. The molecule has 1 aromatic carbocycles. The van der Waals surface area contributed by atoms with E-state index in [9.17, 15) is 9.59 Å². The van der Waals surface area contributed by atoms with Gasteiger partial charge >= 0.3 is 0 Å². The molecule has 1 unspecified atom stereocenters. The Kier molecular flexibility index (Phi) is 4.60. The second kappa shape index (κ2) is 6.83. The first-order chi connectivity index (χ1) is 13.3. The smallest absolute Gasteiger partial charge is 0.269 e. The third-order valence-electron chi connectivity index (χ3n) is 5.07. The van der Waals surface area contributed by atoms with E-state index in [2.05, 4.69) is 18.4 Å². The maximum Gasteiger partial charge on any atom is 0.269 e. The predicted molar refractivity (Wildman–Crippen MR) is 112 cm³/mol. The van der Waals surface area contributed by atoms with Crippen molar-refractivity contribution in [1.82, 2.24) is 9.13 Å². The minimum absolute atomic E-state index is 0.0750. The van der Waals surface area contributed by atoms with Gasteiger partial charge in [-0.3, -0.25) is 14.5 Å². The molecule has 0 fully saturated rings. The van der Waals surface area contributed by atoms with Crippen molar-refractivity contribution in [1.29, 1.82) is 0 Å². The third-order valence-corrected chi connectivity index (χ3v) is 5.59. The number of fused-ring (bicyclic) bond motifs is 1. The number of nitrogens with zero attached hydrogens (tertiary/aromatic N) is 3. The summed E-state index contributed by atoms with van der Waals surface area (Å²) in [4.78, 5) is 27.1. The summed E-state index contributed by atoms with van der Waals surface area (Å²) in [5, 5.41) is 0.704. The lowest BCUT2D eigenvalue weighted by molar-refractivity contribution is 0.0993. The highest BCUT2D eigenvalue weighted by Gasteiger charge is 2.42. The van der Waals surface area contributed by atoms with Gasteiger partial charge in [0.05, 0.1) is 16.9 Å². The molecule has 7 heteroatoms. The van der Waals surface area contributed by atoms with Crippen molar-refractivity contribution < 1.29 is 4.79 Å². The Balaban J connectivity index is 1.96. The highest BCUT2D eigenvalue weighted by molar-refractivity contribution is 6.31. The Labute approximate surface area is 172 Å². The van der Waals surface area contributed by atoms with Gasteiger partial charge in [-0.05, 0) is 43.7 Å². The summed E-state index contributed by atoms with van der Waals surface area (Å²) in [6.45, 7) is 4.16. The zero-order valence-electron chi connectivity index (χ0n) is 15.7. The fraction of sp³-hybridized carbons (Fsp3) is 0.238. The van der Waals surface area contributed by atoms with Crippen LogP contribution >= 0.6 is 23.2 Å². The number of benzene rings is 1. The SMILES string of the molecule is CC(C)n1ccc2c1C(c1ccc(Cl)cc1)N(c1cc(Cl)c(=O)n(C)c1)C2=O. The van der Waals surface area contributed by atoms with E-state index >= 15 is 0 Å². The Morgan fingerprint density at radius 2 is 1.71 bits per heavy atom. The summed E-state index contributed by atoms with van der Waals surface area (Å²) < 4.78 is 3.50. The molecule has 0 radical (unpaired) electrons. The van der Waals surface area contributed by atoms with Crippen molar-refractivity contribution >= 4 is 34.8 Å². The van der Waals surface area contributed by atoms with Gasteiger partial charge < -0.3 is 9.13 Å². The van der Waals surface area contributed by atoms with Gasteiger partial charge in [-0.15, -0.1) is 0 Å². The van der Waals surface area contributed by atoms with E-state index in [-0.39, 0.29) is 28.6 Å². The molecule has 0 bridgehead atoms. The molecular formula is C21H19Cl2N3O2. The normalized spacial score (nSPS) is 16.1. The zero-order valence-corrected chi connectivity index (χ0v) is 17.2. The number of pyridine rings is 1. The molecule has 1 amide bonds. The molecule has 0 spiro atoms. The first-order valence-electron chi connectivity index (χ1n) is 8.95. The lowest BCUT2D eigenvalue weighted by atomic mass is 10.0. The van der Waals surface area contributed by atoms with Crippen molar-refractivity contribution in [3.8, 4) is 0 Å². The second-order valence-electron chi connectivity index (χ2n) is 7.21. The fourth-order valence-corrected chi connectivity index (χ4v) is 4.12. The molecule has 144 valence electrons. The molecule has 0 saturated carbocycles. The second-order valence-corrected chi connectivity index (χ2v) is 8.05. The van der Waals surface area contributed by atoms with E-state index in [0.717, 1.165) is 11.3 Å². The summed E-state index contributed by atoms with van der Waals surface area (Å²) in [5.41, 5.74) is 2.78. The average Bonchev–Trinajstić information content (AvgIpc) is 3.19. The third kappa shape index (κ3) is 2.86. The maximum absolute atomic E-state index is 13.3. The number of hydrogen-bond acceptors (Lipinski definition) is 2. The first kappa shape index (κ1) is 18.8. The average molecular weight is 416 g/mol. The van der Waals surface area contributed by atoms with E-state index in [1.165, 1.54) is 4.57 Å². The summed E-state index contributed by atoms with van der Waals surface area (Å²) in [5.74, 6) is -0.121. The number of carbonyl (C=O) groups excluding carboxylic acids is 1. The van der Waals surface area contributed by atoms with Crippen LogP contribution < -0.4 is 10.5 Å². The lowest BCUT2D eigenvalue weighted by Gasteiger charge is -2.28. The number of carbonyl (C=O) groups is 1. The van der Waals surface area contributed by atoms with Crippen LogP contribution in [0.1, 0.15) is 47.5 Å². The molecule has 0 aliphatic carbocycles. The Hall–Kier alpha value is -2.50. The van der Waals surface area contributed by atoms with Crippen LogP contribution in [-0.4, -0.2) is 15.0 Å². The van der Waals surface area contributed by atoms with Crippen molar-refractivity contribution in [3.05, 3.63) is 86.0 Å². The number of aryl methyl sites for hydroxylation is 1. The molecule has 4 rings (SSSR count). The number of anilines is 1. The van der Waals surface area contributed by atoms with Crippen molar-refractivity contribution in [2.24, 2.45) is 7.05 Å². The maximum atomic E-state index is 13.3. The van der Waals surface area contributed by atoms with Gasteiger partial charge in [-0.2, -0.15) is 0 Å². The summed E-state index contributed by atoms with van der Waals surface area (Å²) in [6.07, 6.45) is 3.59. The topological polar surface area (TPSA) is 47.2 Å². The van der Waals surface area contributed by atoms with Crippen LogP contribution in [-0.2, 0) is 7.05 Å². The van der Waals surface area contributed by atoms with Crippen molar-refractivity contribution in [2.75, 3.05) is 4.90 Å². The van der Waals surface area contributed by atoms with Gasteiger partial charge in [0.25, 0.3) is 11.5 Å². The van der Waals surface area contributed by atoms with Gasteiger partial charge in [0.15, 0.2) is 0 Å². The fourth-order valence-electron chi connectivity index (χ4n) is 3.75. The monoisotopic (exact) mass is 415 g/mol. The van der Waals surface area contributed by atoms with Gasteiger partial charge in [-0.1, -0.05) is 35.3 Å². The van der Waals surface area contributed by atoms with Crippen LogP contribution in [0.2, 0.25) is 10.0 Å². The summed E-state index contributed by atoms with van der Waals surface area (Å²) >= 11 is 12.2. The first-order valence-corrected chi connectivity index (χ1v) is 9.71. The number of aromatic nitrogens is 2. The van der Waals surface area contributed by atoms with E-state index in [1.807, 2.05) is 36.5 Å². The Morgan fingerprint density at radius 3 is 2.32 bits per heavy atom. The highest BCUT2D eigenvalue weighted by Crippen LogP contribution is 2.43. The molecule has 1 atom stereocenters. The van der Waals surface area contributed by atoms with E-state index in [1.54, 1.807) is 24.2 Å². The molecular weight excluding hydrogens is 397 g/mol. The van der Waals surface area contributed by atoms with E-state index in [4.69, 9.17) is 23.2 Å². The van der Waals surface area contributed by atoms with Gasteiger partial charge in [0.2, 0.25) is 0 Å². The van der Waals surface area contributed by atoms with Crippen LogP contribution in [0.3, 0.4) is 0 Å². The standard InChI is InChI=1S/C21H19Cl2N3O2/c1-12(2)25-9-8-16-19(25)18(13-4-6-14(22)7-5-13)26(20(16)27)15-10-17(23)21(28)24(3)11-15/h4-12,18H,1-3H3. The quantitative estimate of drug-likeness (QED) is 0.615. The Bertz CT molecular complexity index is 1100. The number of rotatable bonds is 3. The van der Waals surface area contributed by atoms with E-state index in [0.29, 0.717) is 16.3 Å². The summed E-state index contributed by atoms with van der Waals surface area (Å²) in [7, 11) is 1.62.